The lowest BCUT2D eigenvalue weighted by atomic mass is 9.96. The fraction of sp³-hybridized carbons (Fsp3) is 0.290. The Morgan fingerprint density at radius 3 is 2.28 bits per heavy atom. The summed E-state index contributed by atoms with van der Waals surface area (Å²) in [7, 11) is 1.68. The Hall–Kier alpha value is -3.88. The van der Waals surface area contributed by atoms with Crippen LogP contribution in [-0.4, -0.2) is 48.1 Å². The molecule has 2 aliphatic heterocycles. The molecule has 2 fully saturated rings. The van der Waals surface area contributed by atoms with Crippen LogP contribution in [0.5, 0.6) is 5.75 Å². The van der Waals surface area contributed by atoms with Crippen LogP contribution >= 0.6 is 12.2 Å². The number of hydrogen-bond donors (Lipinski definition) is 1. The van der Waals surface area contributed by atoms with Crippen molar-refractivity contribution in [3.63, 3.8) is 0 Å². The van der Waals surface area contributed by atoms with Gasteiger partial charge in [0.15, 0.2) is 5.11 Å². The Morgan fingerprint density at radius 1 is 0.923 bits per heavy atom. The first kappa shape index (κ1) is 25.4. The number of nitrogens with one attached hydrogen (secondary N) is 1. The predicted molar refractivity (Wildman–Crippen MR) is 159 cm³/mol. The van der Waals surface area contributed by atoms with Gasteiger partial charge >= 0.3 is 0 Å². The second kappa shape index (κ2) is 10.7. The average Bonchev–Trinajstić information content (AvgIpc) is 3.48. The van der Waals surface area contributed by atoms with Gasteiger partial charge in [0, 0.05) is 47.7 Å². The molecule has 0 amide bonds. The molecule has 6 rings (SSSR count). The minimum absolute atomic E-state index is 0.0756. The van der Waals surface area contributed by atoms with Crippen LogP contribution in [-0.2, 0) is 4.74 Å². The summed E-state index contributed by atoms with van der Waals surface area (Å²) in [6, 6.07) is 25.1. The lowest BCUT2D eigenvalue weighted by Gasteiger charge is -2.29. The molecule has 0 spiro atoms. The van der Waals surface area contributed by atoms with Gasteiger partial charge in [-0.1, -0.05) is 6.07 Å². The molecule has 2 aromatic heterocycles. The van der Waals surface area contributed by atoms with Crippen LogP contribution in [0.4, 0.5) is 11.4 Å². The summed E-state index contributed by atoms with van der Waals surface area (Å²) in [6.45, 7) is 7.77. The number of morpholine rings is 1. The molecule has 200 valence electrons. The van der Waals surface area contributed by atoms with Gasteiger partial charge in [-0.25, -0.2) is 0 Å². The normalized spacial score (nSPS) is 19.3. The SMILES string of the molecule is COc1ccc(N2C(=S)N[C@@H](c3ccccn3)[C@@H]2c2cc(C)n(-c3ccc(N4CCOCC4)cc3)c2C)cc1. The maximum atomic E-state index is 5.93. The van der Waals surface area contributed by atoms with Crippen molar-refractivity contribution in [3.05, 3.63) is 102 Å². The highest BCUT2D eigenvalue weighted by Crippen LogP contribution is 2.44. The van der Waals surface area contributed by atoms with Crippen LogP contribution in [0, 0.1) is 13.8 Å². The van der Waals surface area contributed by atoms with Crippen molar-refractivity contribution >= 4 is 28.7 Å². The standard InChI is InChI=1S/C31H33N5O2S/c1-21-20-27(22(2)35(21)24-9-7-23(8-10-24)34-16-18-38-19-17-34)30-29(28-6-4-5-15-32-28)33-31(39)36(30)25-11-13-26(37-3)14-12-25/h4-15,20,29-30H,16-19H2,1-3H3,(H,33,39)/t29-,30-/m0/s1. The molecule has 7 nitrogen and oxygen atoms in total. The van der Waals surface area contributed by atoms with Gasteiger partial charge in [-0.3, -0.25) is 4.98 Å². The molecule has 4 aromatic rings. The smallest absolute Gasteiger partial charge is 0.174 e. The Balaban J connectivity index is 1.41. The summed E-state index contributed by atoms with van der Waals surface area (Å²) >= 11 is 5.93. The summed E-state index contributed by atoms with van der Waals surface area (Å²) < 4.78 is 13.3. The summed E-state index contributed by atoms with van der Waals surface area (Å²) in [5.41, 5.74) is 7.92. The molecule has 39 heavy (non-hydrogen) atoms. The van der Waals surface area contributed by atoms with Crippen molar-refractivity contribution in [2.45, 2.75) is 25.9 Å². The van der Waals surface area contributed by atoms with Gasteiger partial charge in [-0.05, 0) is 98.4 Å². The number of ether oxygens (including phenoxy) is 2. The molecular weight excluding hydrogens is 506 g/mol. The van der Waals surface area contributed by atoms with Crippen molar-refractivity contribution in [2.75, 3.05) is 43.2 Å². The average molecular weight is 540 g/mol. The zero-order valence-electron chi connectivity index (χ0n) is 22.5. The molecule has 2 aromatic carbocycles. The zero-order valence-corrected chi connectivity index (χ0v) is 23.3. The topological polar surface area (TPSA) is 54.8 Å². The third kappa shape index (κ3) is 4.75. The Labute approximate surface area is 235 Å². The number of thiocarbonyl (C=S) groups is 1. The van der Waals surface area contributed by atoms with Crippen LogP contribution in [0.25, 0.3) is 5.69 Å². The van der Waals surface area contributed by atoms with E-state index in [9.17, 15) is 0 Å². The van der Waals surface area contributed by atoms with Crippen molar-refractivity contribution in [1.29, 1.82) is 0 Å². The molecule has 0 aliphatic carbocycles. The first-order valence-electron chi connectivity index (χ1n) is 13.3. The molecule has 0 bridgehead atoms. The molecule has 2 saturated heterocycles. The molecular formula is C31H33N5O2S. The second-order valence-electron chi connectivity index (χ2n) is 9.97. The molecule has 0 radical (unpaired) electrons. The number of anilines is 2. The fourth-order valence-corrected chi connectivity index (χ4v) is 6.16. The highest BCUT2D eigenvalue weighted by Gasteiger charge is 2.42. The van der Waals surface area contributed by atoms with Gasteiger partial charge < -0.3 is 29.2 Å². The van der Waals surface area contributed by atoms with Crippen LogP contribution < -0.4 is 19.9 Å². The predicted octanol–water partition coefficient (Wildman–Crippen LogP) is 5.51. The molecule has 0 unspecified atom stereocenters. The maximum Gasteiger partial charge on any atom is 0.174 e. The summed E-state index contributed by atoms with van der Waals surface area (Å²) in [6.07, 6.45) is 1.84. The Morgan fingerprint density at radius 2 is 1.62 bits per heavy atom. The van der Waals surface area contributed by atoms with Crippen LogP contribution in [0.2, 0.25) is 0 Å². The van der Waals surface area contributed by atoms with Crippen LogP contribution in [0.15, 0.2) is 79.0 Å². The van der Waals surface area contributed by atoms with Crippen LogP contribution in [0.3, 0.4) is 0 Å². The van der Waals surface area contributed by atoms with Crippen molar-refractivity contribution in [2.24, 2.45) is 0 Å². The summed E-state index contributed by atoms with van der Waals surface area (Å²) in [5.74, 6) is 0.813. The van der Waals surface area contributed by atoms with E-state index >= 15 is 0 Å². The lowest BCUT2D eigenvalue weighted by Crippen LogP contribution is -2.36. The van der Waals surface area contributed by atoms with Crippen molar-refractivity contribution in [1.82, 2.24) is 14.9 Å². The Kier molecular flexibility index (Phi) is 6.97. The first-order chi connectivity index (χ1) is 19.0. The summed E-state index contributed by atoms with van der Waals surface area (Å²) in [4.78, 5) is 9.30. The van der Waals surface area contributed by atoms with E-state index < -0.39 is 0 Å². The molecule has 2 atom stereocenters. The number of aryl methyl sites for hydroxylation is 1. The van der Waals surface area contributed by atoms with E-state index in [1.165, 1.54) is 22.6 Å². The zero-order chi connectivity index (χ0) is 26.9. The maximum absolute atomic E-state index is 5.93. The van der Waals surface area contributed by atoms with Gasteiger partial charge in [0.1, 0.15) is 5.75 Å². The number of pyridine rings is 1. The van der Waals surface area contributed by atoms with E-state index in [0.29, 0.717) is 5.11 Å². The van der Waals surface area contributed by atoms with E-state index in [-0.39, 0.29) is 12.1 Å². The van der Waals surface area contributed by atoms with Crippen molar-refractivity contribution in [3.8, 4) is 11.4 Å². The third-order valence-corrected chi connectivity index (χ3v) is 8.04. The largest absolute Gasteiger partial charge is 0.497 e. The highest BCUT2D eigenvalue weighted by atomic mass is 32.1. The number of benzene rings is 2. The van der Waals surface area contributed by atoms with Crippen molar-refractivity contribution < 1.29 is 9.47 Å². The van der Waals surface area contributed by atoms with Gasteiger partial charge in [0.05, 0.1) is 38.1 Å². The second-order valence-corrected chi connectivity index (χ2v) is 10.4. The number of rotatable bonds is 6. The van der Waals surface area contributed by atoms with E-state index in [1.54, 1.807) is 7.11 Å². The highest BCUT2D eigenvalue weighted by molar-refractivity contribution is 7.80. The van der Waals surface area contributed by atoms with E-state index in [2.05, 4.69) is 82.1 Å². The van der Waals surface area contributed by atoms with E-state index in [4.69, 9.17) is 26.7 Å². The van der Waals surface area contributed by atoms with Gasteiger partial charge in [0.25, 0.3) is 0 Å². The number of aromatic nitrogens is 2. The number of methoxy groups -OCH3 is 1. The molecule has 4 heterocycles. The lowest BCUT2D eigenvalue weighted by molar-refractivity contribution is 0.122. The van der Waals surface area contributed by atoms with Crippen LogP contribution in [0.1, 0.15) is 34.7 Å². The molecule has 2 aliphatic rings. The summed E-state index contributed by atoms with van der Waals surface area (Å²) in [5, 5.41) is 4.26. The minimum atomic E-state index is -0.0987. The minimum Gasteiger partial charge on any atom is -0.497 e. The molecule has 8 heteroatoms. The monoisotopic (exact) mass is 539 g/mol. The van der Waals surface area contributed by atoms with E-state index in [1.807, 2.05) is 30.5 Å². The molecule has 0 saturated carbocycles. The first-order valence-corrected chi connectivity index (χ1v) is 13.7. The van der Waals surface area contributed by atoms with Gasteiger partial charge in [-0.2, -0.15) is 0 Å². The number of nitrogens with zero attached hydrogens (tertiary/aromatic N) is 4. The number of hydrogen-bond acceptors (Lipinski definition) is 5. The Bertz CT molecular complexity index is 1450. The molecule has 1 N–H and O–H groups in total. The fourth-order valence-electron chi connectivity index (χ4n) is 5.81. The quantitative estimate of drug-likeness (QED) is 0.324. The third-order valence-electron chi connectivity index (χ3n) is 7.72. The van der Waals surface area contributed by atoms with Gasteiger partial charge in [0.2, 0.25) is 0 Å². The van der Waals surface area contributed by atoms with E-state index in [0.717, 1.165) is 49.1 Å². The van der Waals surface area contributed by atoms with Gasteiger partial charge in [-0.15, -0.1) is 0 Å².